The third-order valence-electron chi connectivity index (χ3n) is 10.5. The van der Waals surface area contributed by atoms with Crippen LogP contribution in [0.5, 0.6) is 0 Å². The molecule has 0 bridgehead atoms. The molecule has 0 N–H and O–H groups in total. The van der Waals surface area contributed by atoms with Crippen LogP contribution >= 0.6 is 0 Å². The summed E-state index contributed by atoms with van der Waals surface area (Å²) in [5, 5.41) is 12.4. The number of hydrogen-bond donors (Lipinski definition) is 0. The van der Waals surface area contributed by atoms with E-state index in [1.54, 1.807) is 0 Å². The molecule has 0 aliphatic heterocycles. The van der Waals surface area contributed by atoms with Crippen LogP contribution in [0.1, 0.15) is 6.92 Å². The first-order valence-corrected chi connectivity index (χ1v) is 17.4. The number of benzene rings is 7. The van der Waals surface area contributed by atoms with Gasteiger partial charge in [0.1, 0.15) is 0 Å². The number of aromatic nitrogens is 3. The predicted octanol–water partition coefficient (Wildman–Crippen LogP) is 13.0. The van der Waals surface area contributed by atoms with Crippen molar-refractivity contribution < 1.29 is 0 Å². The molecule has 3 aromatic heterocycles. The van der Waals surface area contributed by atoms with E-state index in [0.29, 0.717) is 0 Å². The maximum Gasteiger partial charge on any atom is 0.0571 e. The highest BCUT2D eigenvalue weighted by molar-refractivity contribution is 6.26. The minimum Gasteiger partial charge on any atom is -0.309 e. The Labute approximate surface area is 295 Å². The molecule has 7 aromatic carbocycles. The lowest BCUT2D eigenvalue weighted by Gasteiger charge is -2.15. The van der Waals surface area contributed by atoms with Gasteiger partial charge in [0.15, 0.2) is 0 Å². The summed E-state index contributed by atoms with van der Waals surface area (Å²) in [6.45, 7) is 5.95. The summed E-state index contributed by atoms with van der Waals surface area (Å²) in [6.07, 6.45) is 11.9. The quantitative estimate of drug-likeness (QED) is 0.134. The standard InChI is InChI=1S/C48H33N3/c1-3-5-12-33(4-2)50-47-24-20-32(28-43(47)44-30-49-26-25-48(44)50)31-19-22-37-38-23-21-34(29-42(38)36-14-7-6-13-35(36)41(37)27-31)51-45-17-10-8-15-39(45)40-16-9-11-18-46(40)51/h3-30H,1H2,2H3/b12-5-,33-4+. The fourth-order valence-electron chi connectivity index (χ4n) is 8.25. The van der Waals surface area contributed by atoms with Gasteiger partial charge in [-0.05, 0) is 105 Å². The first-order valence-electron chi connectivity index (χ1n) is 17.4. The number of rotatable bonds is 5. The normalized spacial score (nSPS) is 12.5. The van der Waals surface area contributed by atoms with Crippen LogP contribution in [-0.4, -0.2) is 14.1 Å². The van der Waals surface area contributed by atoms with Crippen molar-refractivity contribution in [3.8, 4) is 16.8 Å². The molecule has 0 saturated heterocycles. The summed E-state index contributed by atoms with van der Waals surface area (Å²) in [6, 6.07) is 49.1. The molecule has 0 atom stereocenters. The lowest BCUT2D eigenvalue weighted by atomic mass is 9.91. The largest absolute Gasteiger partial charge is 0.309 e. The molecule has 10 rings (SSSR count). The third kappa shape index (κ3) is 4.35. The van der Waals surface area contributed by atoms with Crippen LogP contribution in [0.2, 0.25) is 0 Å². The van der Waals surface area contributed by atoms with Crippen molar-refractivity contribution in [2.45, 2.75) is 6.92 Å². The Morgan fingerprint density at radius 2 is 1.10 bits per heavy atom. The van der Waals surface area contributed by atoms with Crippen molar-refractivity contribution in [1.82, 2.24) is 14.1 Å². The molecule has 51 heavy (non-hydrogen) atoms. The summed E-state index contributed by atoms with van der Waals surface area (Å²) in [4.78, 5) is 4.51. The van der Waals surface area contributed by atoms with Gasteiger partial charge >= 0.3 is 0 Å². The number of fused-ring (bicyclic) bond motifs is 12. The smallest absolute Gasteiger partial charge is 0.0571 e. The van der Waals surface area contributed by atoms with E-state index in [9.17, 15) is 0 Å². The Bertz CT molecular complexity index is 3040. The molecule has 240 valence electrons. The maximum absolute atomic E-state index is 4.51. The van der Waals surface area contributed by atoms with Crippen LogP contribution in [0.3, 0.4) is 0 Å². The number of para-hydroxylation sites is 2. The number of hydrogen-bond acceptors (Lipinski definition) is 1. The summed E-state index contributed by atoms with van der Waals surface area (Å²) < 4.78 is 4.72. The highest BCUT2D eigenvalue weighted by Crippen LogP contribution is 2.41. The lowest BCUT2D eigenvalue weighted by molar-refractivity contribution is 1.19. The van der Waals surface area contributed by atoms with Crippen LogP contribution in [0.4, 0.5) is 0 Å². The molecule has 0 amide bonds. The first kappa shape index (κ1) is 29.2. The van der Waals surface area contributed by atoms with Crippen LogP contribution in [0.15, 0.2) is 177 Å². The zero-order valence-corrected chi connectivity index (χ0v) is 28.2. The second-order valence-electron chi connectivity index (χ2n) is 13.2. The van der Waals surface area contributed by atoms with Crippen molar-refractivity contribution in [2.75, 3.05) is 0 Å². The lowest BCUT2D eigenvalue weighted by Crippen LogP contribution is -1.94. The molecule has 0 radical (unpaired) electrons. The monoisotopic (exact) mass is 651 g/mol. The van der Waals surface area contributed by atoms with Crippen LogP contribution in [0.25, 0.3) is 98.4 Å². The Balaban J connectivity index is 1.17. The van der Waals surface area contributed by atoms with Gasteiger partial charge in [0.25, 0.3) is 0 Å². The van der Waals surface area contributed by atoms with Crippen molar-refractivity contribution in [2.24, 2.45) is 0 Å². The molecule has 0 aliphatic carbocycles. The molecule has 0 saturated carbocycles. The Morgan fingerprint density at radius 1 is 0.529 bits per heavy atom. The SMILES string of the molecule is C=C/C=C\C(=C/C)n1c2ccncc2c2cc(-c3ccc4c5ccc(-n6c7ccccc7c7ccccc76)cc5c5ccccc5c4c3)ccc21. The fourth-order valence-corrected chi connectivity index (χ4v) is 8.25. The molecule has 3 heteroatoms. The molecule has 0 unspecified atom stereocenters. The van der Waals surface area contributed by atoms with E-state index in [1.807, 2.05) is 24.5 Å². The highest BCUT2D eigenvalue weighted by Gasteiger charge is 2.17. The van der Waals surface area contributed by atoms with E-state index >= 15 is 0 Å². The second-order valence-corrected chi connectivity index (χ2v) is 13.2. The number of pyridine rings is 1. The minimum atomic E-state index is 1.10. The molecule has 0 fully saturated rings. The fraction of sp³-hybridized carbons (Fsp3) is 0.0208. The van der Waals surface area contributed by atoms with Crippen molar-refractivity contribution in [3.63, 3.8) is 0 Å². The first-order chi connectivity index (χ1) is 25.2. The molecule has 10 aromatic rings. The van der Waals surface area contributed by atoms with Gasteiger partial charge in [0, 0.05) is 45.3 Å². The van der Waals surface area contributed by atoms with Gasteiger partial charge in [-0.2, -0.15) is 0 Å². The molecule has 0 aliphatic rings. The highest BCUT2D eigenvalue weighted by atomic mass is 15.0. The van der Waals surface area contributed by atoms with E-state index in [1.165, 1.54) is 76.3 Å². The summed E-state index contributed by atoms with van der Waals surface area (Å²) >= 11 is 0. The van der Waals surface area contributed by atoms with Gasteiger partial charge in [-0.15, -0.1) is 0 Å². The minimum absolute atomic E-state index is 1.10. The van der Waals surface area contributed by atoms with E-state index in [2.05, 4.69) is 173 Å². The van der Waals surface area contributed by atoms with Gasteiger partial charge in [-0.1, -0.05) is 110 Å². The molecule has 3 nitrogen and oxygen atoms in total. The second kappa shape index (κ2) is 11.4. The van der Waals surface area contributed by atoms with Gasteiger partial charge in [-0.25, -0.2) is 0 Å². The van der Waals surface area contributed by atoms with Crippen molar-refractivity contribution >= 4 is 81.6 Å². The molecular formula is C48H33N3. The van der Waals surface area contributed by atoms with E-state index < -0.39 is 0 Å². The van der Waals surface area contributed by atoms with E-state index in [-0.39, 0.29) is 0 Å². The molecule has 3 heterocycles. The maximum atomic E-state index is 4.51. The van der Waals surface area contributed by atoms with Gasteiger partial charge in [-0.3, -0.25) is 4.98 Å². The number of nitrogens with zero attached hydrogens (tertiary/aromatic N) is 3. The van der Waals surface area contributed by atoms with E-state index in [4.69, 9.17) is 0 Å². The predicted molar refractivity (Wildman–Crippen MR) is 219 cm³/mol. The summed E-state index contributed by atoms with van der Waals surface area (Å²) in [5.41, 5.74) is 9.37. The van der Waals surface area contributed by atoms with E-state index in [0.717, 1.165) is 22.1 Å². The van der Waals surface area contributed by atoms with Gasteiger partial charge in [0.05, 0.1) is 22.1 Å². The average Bonchev–Trinajstić information content (AvgIpc) is 3.71. The van der Waals surface area contributed by atoms with Gasteiger partial charge in [0.2, 0.25) is 0 Å². The van der Waals surface area contributed by atoms with Crippen LogP contribution < -0.4 is 0 Å². The van der Waals surface area contributed by atoms with Crippen molar-refractivity contribution in [3.05, 3.63) is 177 Å². The van der Waals surface area contributed by atoms with Gasteiger partial charge < -0.3 is 9.13 Å². The van der Waals surface area contributed by atoms with Crippen molar-refractivity contribution in [1.29, 1.82) is 0 Å². The Kier molecular flexibility index (Phi) is 6.55. The Hall–Kier alpha value is -6.71. The topological polar surface area (TPSA) is 22.8 Å². The zero-order valence-electron chi connectivity index (χ0n) is 28.2. The van der Waals surface area contributed by atoms with Crippen LogP contribution in [0, 0.1) is 0 Å². The summed E-state index contributed by atoms with van der Waals surface area (Å²) in [7, 11) is 0. The Morgan fingerprint density at radius 3 is 1.78 bits per heavy atom. The average molecular weight is 652 g/mol. The van der Waals surface area contributed by atoms with Crippen LogP contribution in [-0.2, 0) is 0 Å². The summed E-state index contributed by atoms with van der Waals surface area (Å²) in [5.74, 6) is 0. The third-order valence-corrected chi connectivity index (χ3v) is 10.5. The number of allylic oxidation sites excluding steroid dienone is 5. The molecular weight excluding hydrogens is 619 g/mol. The zero-order chi connectivity index (χ0) is 34.1. The molecule has 0 spiro atoms.